The summed E-state index contributed by atoms with van der Waals surface area (Å²) < 4.78 is 60.2. The van der Waals surface area contributed by atoms with Crippen LogP contribution in [-0.2, 0) is 36.7 Å². The van der Waals surface area contributed by atoms with E-state index in [0.29, 0.717) is 30.7 Å². The molecule has 6 aliphatic rings. The van der Waals surface area contributed by atoms with Gasteiger partial charge >= 0.3 is 5.97 Å². The highest BCUT2D eigenvalue weighted by atomic mass is 19.1. The van der Waals surface area contributed by atoms with E-state index in [1.54, 1.807) is 23.9 Å². The summed E-state index contributed by atoms with van der Waals surface area (Å²) in [6.45, 7) is 6.51. The SMILES string of the molecule is C[C@H]1C[C@H]2[C@@H]3C[C@H](F)C4=Cc5c(cnn5CCCC(=O)O)C[C@]4(C)[C@@]3(F)[C@@H](O)C[C@]2(C)[C@]12OCOC21COCO1. The minimum Gasteiger partial charge on any atom is -0.481 e. The molecule has 0 aromatic carbocycles. The van der Waals surface area contributed by atoms with Gasteiger partial charge in [-0.2, -0.15) is 5.10 Å². The average molecular weight is 565 g/mol. The zero-order chi connectivity index (χ0) is 28.3. The number of aliphatic carboxylic acids is 1. The number of hydrogen-bond acceptors (Lipinski definition) is 7. The number of aliphatic hydroxyl groups excluding tert-OH is 1. The molecule has 220 valence electrons. The highest BCUT2D eigenvalue weighted by Crippen LogP contribution is 2.74. The highest BCUT2D eigenvalue weighted by molar-refractivity contribution is 5.66. The van der Waals surface area contributed by atoms with Crippen molar-refractivity contribution in [2.45, 2.75) is 95.2 Å². The first-order chi connectivity index (χ1) is 18.9. The number of alkyl halides is 2. The third kappa shape index (κ3) is 3.03. The normalized spacial score (nSPS) is 49.0. The largest absolute Gasteiger partial charge is 0.481 e. The van der Waals surface area contributed by atoms with E-state index in [1.165, 1.54) is 0 Å². The third-order valence-electron chi connectivity index (χ3n) is 11.7. The Morgan fingerprint density at radius 2 is 1.98 bits per heavy atom. The molecule has 2 spiro atoms. The van der Waals surface area contributed by atoms with Crippen molar-refractivity contribution in [2.75, 3.05) is 20.2 Å². The first-order valence-electron chi connectivity index (χ1n) is 14.4. The third-order valence-corrected chi connectivity index (χ3v) is 11.7. The second-order valence-electron chi connectivity index (χ2n) is 13.3. The van der Waals surface area contributed by atoms with Gasteiger partial charge in [-0.15, -0.1) is 0 Å². The summed E-state index contributed by atoms with van der Waals surface area (Å²) in [6, 6.07) is 0. The van der Waals surface area contributed by atoms with Crippen molar-refractivity contribution in [3.05, 3.63) is 23.0 Å². The van der Waals surface area contributed by atoms with Crippen LogP contribution in [0.3, 0.4) is 0 Å². The van der Waals surface area contributed by atoms with Crippen LogP contribution in [0.25, 0.3) is 6.08 Å². The van der Waals surface area contributed by atoms with Gasteiger partial charge in [-0.25, -0.2) is 8.78 Å². The fraction of sp³-hybridized carbons (Fsp3) is 0.793. The summed E-state index contributed by atoms with van der Waals surface area (Å²) in [7, 11) is 0. The molecule has 0 bridgehead atoms. The van der Waals surface area contributed by atoms with Crippen molar-refractivity contribution >= 4 is 12.0 Å². The lowest BCUT2D eigenvalue weighted by Crippen LogP contribution is -2.73. The minimum absolute atomic E-state index is 0.00337. The molecule has 7 rings (SSSR count). The molecule has 5 fully saturated rings. The number of hydrogen-bond donors (Lipinski definition) is 2. The zero-order valence-corrected chi connectivity index (χ0v) is 23.2. The van der Waals surface area contributed by atoms with E-state index in [-0.39, 0.29) is 57.7 Å². The number of ether oxygens (including phenoxy) is 4. The van der Waals surface area contributed by atoms with Crippen molar-refractivity contribution in [1.82, 2.24) is 9.78 Å². The van der Waals surface area contributed by atoms with E-state index in [4.69, 9.17) is 24.1 Å². The molecule has 9 nitrogen and oxygen atoms in total. The Morgan fingerprint density at radius 1 is 1.20 bits per heavy atom. The molecule has 10 atom stereocenters. The molecule has 2 saturated heterocycles. The van der Waals surface area contributed by atoms with Crippen LogP contribution in [0, 0.1) is 28.6 Å². The second kappa shape index (κ2) is 8.56. The number of carboxylic acids is 1. The maximum absolute atomic E-state index is 18.0. The van der Waals surface area contributed by atoms with Gasteiger partial charge < -0.3 is 29.2 Å². The van der Waals surface area contributed by atoms with Gasteiger partial charge in [-0.05, 0) is 61.2 Å². The minimum atomic E-state index is -2.07. The number of carbonyl (C=O) groups is 1. The first-order valence-corrected chi connectivity index (χ1v) is 14.4. The number of nitrogens with zero attached hydrogens (tertiary/aromatic N) is 2. The number of fused-ring (bicyclic) bond motifs is 8. The van der Waals surface area contributed by atoms with Crippen LogP contribution in [0.15, 0.2) is 11.8 Å². The molecule has 11 heteroatoms. The molecule has 2 N–H and O–H groups in total. The van der Waals surface area contributed by atoms with Gasteiger partial charge in [0.25, 0.3) is 0 Å². The summed E-state index contributed by atoms with van der Waals surface area (Å²) in [5, 5.41) is 25.3. The van der Waals surface area contributed by atoms with Crippen molar-refractivity contribution in [1.29, 1.82) is 0 Å². The van der Waals surface area contributed by atoms with Crippen LogP contribution in [0.2, 0.25) is 0 Å². The topological polar surface area (TPSA) is 112 Å². The molecule has 1 unspecified atom stereocenters. The van der Waals surface area contributed by atoms with Crippen LogP contribution < -0.4 is 0 Å². The molecular weight excluding hydrogens is 526 g/mol. The Bertz CT molecular complexity index is 1260. The Morgan fingerprint density at radius 3 is 2.70 bits per heavy atom. The monoisotopic (exact) mass is 564 g/mol. The number of aryl methyl sites for hydroxylation is 1. The molecular formula is C29H38F2N2O7. The predicted octanol–water partition coefficient (Wildman–Crippen LogP) is 3.63. The average Bonchev–Trinajstić information content (AvgIpc) is 3.66. The van der Waals surface area contributed by atoms with Crippen molar-refractivity contribution < 1.29 is 42.7 Å². The maximum Gasteiger partial charge on any atom is 0.303 e. The highest BCUT2D eigenvalue weighted by Gasteiger charge is 2.82. The van der Waals surface area contributed by atoms with Gasteiger partial charge in [0, 0.05) is 29.7 Å². The van der Waals surface area contributed by atoms with E-state index in [2.05, 4.69) is 12.0 Å². The standard InChI is InChI=1S/C29H38F2N2O7/c1-16-7-18-19-8-21(30)20-9-22-17(12-32-33(22)6-4-5-24(35)36)10-25(20,2)28(19,31)23(34)11-26(18,3)29(16)27(39-15-40-29)13-37-14-38-27/h9,12,16,18-19,21,23,34H,4-8,10-11,13-15H2,1-3H3,(H,35,36)/t16-,18-,19-,21-,23-,25-,26-,27?,28-,29+/m0/s1. The van der Waals surface area contributed by atoms with Crippen LogP contribution >= 0.6 is 0 Å². The Labute approximate surface area is 231 Å². The number of rotatable bonds is 4. The lowest BCUT2D eigenvalue weighted by molar-refractivity contribution is -0.281. The molecule has 0 radical (unpaired) electrons. The first kappa shape index (κ1) is 26.9. The van der Waals surface area contributed by atoms with E-state index in [9.17, 15) is 9.90 Å². The Hall–Kier alpha value is -1.92. The van der Waals surface area contributed by atoms with Gasteiger partial charge in [-0.1, -0.05) is 20.8 Å². The maximum atomic E-state index is 18.0. The van der Waals surface area contributed by atoms with E-state index in [0.717, 1.165) is 5.56 Å². The second-order valence-corrected chi connectivity index (χ2v) is 13.3. The summed E-state index contributed by atoms with van der Waals surface area (Å²) in [5.41, 5.74) is -3.19. The fourth-order valence-corrected chi connectivity index (χ4v) is 10.2. The molecule has 40 heavy (non-hydrogen) atoms. The lowest BCUT2D eigenvalue weighted by atomic mass is 9.43. The molecule has 1 aromatic rings. The number of aliphatic hydroxyl groups is 1. The zero-order valence-electron chi connectivity index (χ0n) is 23.2. The van der Waals surface area contributed by atoms with Crippen molar-refractivity contribution in [3.8, 4) is 0 Å². The number of halogens is 2. The van der Waals surface area contributed by atoms with Crippen molar-refractivity contribution in [3.63, 3.8) is 0 Å². The van der Waals surface area contributed by atoms with Crippen LogP contribution in [0.4, 0.5) is 8.78 Å². The van der Waals surface area contributed by atoms with E-state index >= 15 is 8.78 Å². The summed E-state index contributed by atoms with van der Waals surface area (Å²) in [5.74, 6) is -3.13. The molecule has 3 saturated carbocycles. The summed E-state index contributed by atoms with van der Waals surface area (Å²) in [4.78, 5) is 11.0. The molecule has 3 heterocycles. The van der Waals surface area contributed by atoms with Gasteiger partial charge in [0.15, 0.2) is 13.6 Å². The van der Waals surface area contributed by atoms with Crippen molar-refractivity contribution in [2.24, 2.45) is 28.6 Å². The fourth-order valence-electron chi connectivity index (χ4n) is 10.2. The molecule has 0 amide bonds. The van der Waals surface area contributed by atoms with Gasteiger partial charge in [-0.3, -0.25) is 9.48 Å². The molecule has 4 aliphatic carbocycles. The Balaban J connectivity index is 1.27. The molecule has 2 aliphatic heterocycles. The van der Waals surface area contributed by atoms with E-state index in [1.807, 2.05) is 6.92 Å². The Kier molecular flexibility index (Phi) is 5.77. The van der Waals surface area contributed by atoms with Crippen LogP contribution in [0.1, 0.15) is 64.1 Å². The predicted molar refractivity (Wildman–Crippen MR) is 136 cm³/mol. The quantitative estimate of drug-likeness (QED) is 0.571. The lowest BCUT2D eigenvalue weighted by Gasteiger charge is -2.64. The number of aromatic nitrogens is 2. The van der Waals surface area contributed by atoms with E-state index < -0.39 is 52.0 Å². The van der Waals surface area contributed by atoms with Gasteiger partial charge in [0.05, 0.1) is 18.0 Å². The summed E-state index contributed by atoms with van der Waals surface area (Å²) >= 11 is 0. The van der Waals surface area contributed by atoms with Gasteiger partial charge in [0.1, 0.15) is 24.0 Å². The summed E-state index contributed by atoms with van der Waals surface area (Å²) in [6.07, 6.45) is 1.92. The van der Waals surface area contributed by atoms with Gasteiger partial charge in [0.2, 0.25) is 5.79 Å². The van der Waals surface area contributed by atoms with Crippen LogP contribution in [0.5, 0.6) is 0 Å². The number of carboxylic acid groups (broad SMARTS) is 1. The molecule has 1 aromatic heterocycles. The van der Waals surface area contributed by atoms with Crippen LogP contribution in [-0.4, -0.2) is 75.5 Å². The smallest absolute Gasteiger partial charge is 0.303 e. The number of allylic oxidation sites excluding steroid dienone is 1.